The Balaban J connectivity index is 1.97. The summed E-state index contributed by atoms with van der Waals surface area (Å²) in [4.78, 5) is 28.7. The predicted octanol–water partition coefficient (Wildman–Crippen LogP) is 0.962. The van der Waals surface area contributed by atoms with Gasteiger partial charge in [-0.3, -0.25) is 14.9 Å². The second-order valence-corrected chi connectivity index (χ2v) is 4.93. The van der Waals surface area contributed by atoms with E-state index in [0.717, 1.165) is 19.4 Å². The Labute approximate surface area is 119 Å². The molecule has 8 nitrogen and oxygen atoms in total. The maximum absolute atomic E-state index is 11.7. The molecule has 1 unspecified atom stereocenters. The molecule has 0 bridgehead atoms. The molecule has 2 heterocycles. The first-order valence-electron chi connectivity index (χ1n) is 6.67. The summed E-state index contributed by atoms with van der Waals surface area (Å²) in [7, 11) is 0. The fraction of sp³-hybridized carbons (Fsp3) is 0.385. The Hall–Kier alpha value is -2.48. The van der Waals surface area contributed by atoms with Crippen molar-refractivity contribution in [1.82, 2.24) is 15.3 Å². The Morgan fingerprint density at radius 3 is 3.05 bits per heavy atom. The zero-order valence-corrected chi connectivity index (χ0v) is 11.2. The molecule has 0 radical (unpaired) electrons. The summed E-state index contributed by atoms with van der Waals surface area (Å²) >= 11 is 0. The van der Waals surface area contributed by atoms with E-state index in [0.29, 0.717) is 12.1 Å². The van der Waals surface area contributed by atoms with Gasteiger partial charge in [-0.1, -0.05) is 0 Å². The first-order chi connectivity index (χ1) is 10.1. The molecule has 0 spiro atoms. The van der Waals surface area contributed by atoms with Crippen LogP contribution in [0.3, 0.4) is 0 Å². The largest absolute Gasteiger partial charge is 0.485 e. The summed E-state index contributed by atoms with van der Waals surface area (Å²) in [5.41, 5.74) is -0.259. The quantitative estimate of drug-likeness (QED) is 0.641. The minimum absolute atomic E-state index is 0.138. The number of aromatic amines is 1. The molecule has 1 aromatic heterocycles. The molecule has 0 amide bonds. The van der Waals surface area contributed by atoms with E-state index >= 15 is 0 Å². The van der Waals surface area contributed by atoms with Gasteiger partial charge < -0.3 is 15.0 Å². The molecule has 8 heteroatoms. The highest BCUT2D eigenvalue weighted by molar-refractivity contribution is 5.82. The Kier molecular flexibility index (Phi) is 3.53. The average Bonchev–Trinajstić information content (AvgIpc) is 2.97. The van der Waals surface area contributed by atoms with Gasteiger partial charge in [0.25, 0.3) is 5.56 Å². The Morgan fingerprint density at radius 1 is 1.48 bits per heavy atom. The predicted molar refractivity (Wildman–Crippen MR) is 75.5 cm³/mol. The number of rotatable bonds is 4. The first kappa shape index (κ1) is 13.5. The van der Waals surface area contributed by atoms with Crippen LogP contribution in [0.4, 0.5) is 5.69 Å². The van der Waals surface area contributed by atoms with Crippen molar-refractivity contribution >= 4 is 16.6 Å². The molecule has 110 valence electrons. The van der Waals surface area contributed by atoms with Crippen LogP contribution in [0.2, 0.25) is 0 Å². The highest BCUT2D eigenvalue weighted by Gasteiger charge is 2.21. The molecule has 21 heavy (non-hydrogen) atoms. The zero-order chi connectivity index (χ0) is 14.8. The highest BCUT2D eigenvalue weighted by atomic mass is 16.6. The van der Waals surface area contributed by atoms with Gasteiger partial charge in [-0.2, -0.15) is 0 Å². The van der Waals surface area contributed by atoms with Crippen LogP contribution in [-0.2, 0) is 0 Å². The number of hydrogen-bond donors (Lipinski definition) is 2. The second-order valence-electron chi connectivity index (χ2n) is 4.93. The lowest BCUT2D eigenvalue weighted by molar-refractivity contribution is -0.385. The molecule has 0 aliphatic carbocycles. The molecule has 2 aromatic rings. The van der Waals surface area contributed by atoms with Crippen LogP contribution >= 0.6 is 0 Å². The lowest BCUT2D eigenvalue weighted by Crippen LogP contribution is -2.28. The number of hydrogen-bond acceptors (Lipinski definition) is 6. The van der Waals surface area contributed by atoms with Crippen LogP contribution in [0.15, 0.2) is 23.3 Å². The van der Waals surface area contributed by atoms with Crippen molar-refractivity contribution in [2.24, 2.45) is 0 Å². The van der Waals surface area contributed by atoms with E-state index in [2.05, 4.69) is 15.3 Å². The van der Waals surface area contributed by atoms with Gasteiger partial charge in [0.1, 0.15) is 6.61 Å². The van der Waals surface area contributed by atoms with Crippen molar-refractivity contribution < 1.29 is 9.66 Å². The molecular weight excluding hydrogens is 276 g/mol. The van der Waals surface area contributed by atoms with Crippen LogP contribution in [0.25, 0.3) is 10.9 Å². The van der Waals surface area contributed by atoms with E-state index in [1.807, 2.05) is 0 Å². The third kappa shape index (κ3) is 2.70. The van der Waals surface area contributed by atoms with Crippen LogP contribution < -0.4 is 15.6 Å². The summed E-state index contributed by atoms with van der Waals surface area (Å²) in [6, 6.07) is 2.85. The molecule has 2 N–H and O–H groups in total. The van der Waals surface area contributed by atoms with Crippen molar-refractivity contribution in [1.29, 1.82) is 0 Å². The highest BCUT2D eigenvalue weighted by Crippen LogP contribution is 2.30. The summed E-state index contributed by atoms with van der Waals surface area (Å²) in [6.45, 7) is 1.29. The van der Waals surface area contributed by atoms with Gasteiger partial charge in [0, 0.05) is 18.2 Å². The fourth-order valence-corrected chi connectivity index (χ4v) is 2.43. The summed E-state index contributed by atoms with van der Waals surface area (Å²) in [5, 5.41) is 14.6. The smallest absolute Gasteiger partial charge is 0.311 e. The van der Waals surface area contributed by atoms with Crippen molar-refractivity contribution in [2.75, 3.05) is 13.2 Å². The zero-order valence-electron chi connectivity index (χ0n) is 11.2. The third-order valence-electron chi connectivity index (χ3n) is 3.52. The maximum atomic E-state index is 11.7. The second kappa shape index (κ2) is 5.49. The number of nitrogens with one attached hydrogen (secondary N) is 2. The fourth-order valence-electron chi connectivity index (χ4n) is 2.43. The summed E-state index contributed by atoms with van der Waals surface area (Å²) in [6.07, 6.45) is 3.32. The van der Waals surface area contributed by atoms with Gasteiger partial charge in [0.15, 0.2) is 5.75 Å². The number of aromatic nitrogens is 2. The van der Waals surface area contributed by atoms with E-state index < -0.39 is 10.5 Å². The van der Waals surface area contributed by atoms with Gasteiger partial charge in [-0.05, 0) is 19.4 Å². The van der Waals surface area contributed by atoms with Crippen molar-refractivity contribution in [3.8, 4) is 5.75 Å². The molecule has 1 aliphatic heterocycles. The lowest BCUT2D eigenvalue weighted by atomic mass is 10.2. The van der Waals surface area contributed by atoms with E-state index in [9.17, 15) is 14.9 Å². The van der Waals surface area contributed by atoms with E-state index in [1.165, 1.54) is 18.5 Å². The van der Waals surface area contributed by atoms with Gasteiger partial charge >= 0.3 is 5.69 Å². The van der Waals surface area contributed by atoms with Gasteiger partial charge in [-0.15, -0.1) is 0 Å². The number of ether oxygens (including phenoxy) is 1. The standard InChI is InChI=1S/C13H14N4O4/c18-13-9-4-11(17(19)20)12(5-10(9)15-7-16-13)21-6-8-2-1-3-14-8/h4-5,7-8,14H,1-3,6H2,(H,15,16,18). The number of fused-ring (bicyclic) bond motifs is 1. The molecule has 1 atom stereocenters. The van der Waals surface area contributed by atoms with Crippen LogP contribution in [0.1, 0.15) is 12.8 Å². The van der Waals surface area contributed by atoms with Gasteiger partial charge in [0.2, 0.25) is 0 Å². The molecular formula is C13H14N4O4. The maximum Gasteiger partial charge on any atom is 0.311 e. The van der Waals surface area contributed by atoms with E-state index in [1.54, 1.807) is 0 Å². The topological polar surface area (TPSA) is 110 Å². The number of nitro benzene ring substituents is 1. The van der Waals surface area contributed by atoms with E-state index in [-0.39, 0.29) is 22.9 Å². The number of benzene rings is 1. The molecule has 3 rings (SSSR count). The van der Waals surface area contributed by atoms with Gasteiger partial charge in [-0.25, -0.2) is 4.98 Å². The van der Waals surface area contributed by atoms with Crippen molar-refractivity contribution in [2.45, 2.75) is 18.9 Å². The monoisotopic (exact) mass is 290 g/mol. The van der Waals surface area contributed by atoms with Crippen molar-refractivity contribution in [3.63, 3.8) is 0 Å². The number of nitro groups is 1. The summed E-state index contributed by atoms with van der Waals surface area (Å²) < 4.78 is 5.57. The van der Waals surface area contributed by atoms with Crippen LogP contribution in [0.5, 0.6) is 5.75 Å². The molecule has 1 saturated heterocycles. The minimum atomic E-state index is -0.552. The average molecular weight is 290 g/mol. The molecule has 1 aliphatic rings. The lowest BCUT2D eigenvalue weighted by Gasteiger charge is -2.12. The van der Waals surface area contributed by atoms with Crippen LogP contribution in [-0.4, -0.2) is 34.1 Å². The Bertz CT molecular complexity index is 737. The Morgan fingerprint density at radius 2 is 2.33 bits per heavy atom. The molecule has 0 saturated carbocycles. The molecule has 1 aromatic carbocycles. The number of H-pyrrole nitrogens is 1. The minimum Gasteiger partial charge on any atom is -0.485 e. The van der Waals surface area contributed by atoms with Crippen molar-refractivity contribution in [3.05, 3.63) is 38.9 Å². The third-order valence-corrected chi connectivity index (χ3v) is 3.52. The van der Waals surface area contributed by atoms with Crippen LogP contribution in [0, 0.1) is 10.1 Å². The SMILES string of the molecule is O=c1[nH]cnc2cc(OCC3CCCN3)c([N+](=O)[O-])cc12. The van der Waals surface area contributed by atoms with E-state index in [4.69, 9.17) is 4.74 Å². The number of nitrogens with zero attached hydrogens (tertiary/aromatic N) is 2. The molecule has 1 fully saturated rings. The van der Waals surface area contributed by atoms with Gasteiger partial charge in [0.05, 0.1) is 22.2 Å². The summed E-state index contributed by atoms with van der Waals surface area (Å²) in [5.74, 6) is 0.138. The first-order valence-corrected chi connectivity index (χ1v) is 6.67. The normalized spacial score (nSPS) is 18.0.